The van der Waals surface area contributed by atoms with Crippen LogP contribution in [0.3, 0.4) is 0 Å². The molecule has 4 aromatic rings. The molecule has 2 N–H and O–H groups in total. The van der Waals surface area contributed by atoms with Gasteiger partial charge in [-0.15, -0.1) is 0 Å². The highest BCUT2D eigenvalue weighted by atomic mass is 16.1. The minimum absolute atomic E-state index is 0.00274. The van der Waals surface area contributed by atoms with Gasteiger partial charge >= 0.3 is 0 Å². The maximum atomic E-state index is 12.4. The highest BCUT2D eigenvalue weighted by Crippen LogP contribution is 2.29. The molecule has 168 valence electrons. The second kappa shape index (κ2) is 9.75. The van der Waals surface area contributed by atoms with Gasteiger partial charge in [0.2, 0.25) is 0 Å². The van der Waals surface area contributed by atoms with E-state index in [2.05, 4.69) is 25.4 Å². The van der Waals surface area contributed by atoms with Gasteiger partial charge in [-0.25, -0.2) is 4.98 Å². The summed E-state index contributed by atoms with van der Waals surface area (Å²) in [7, 11) is 4.03. The summed E-state index contributed by atoms with van der Waals surface area (Å²) in [6.45, 7) is 3.13. The van der Waals surface area contributed by atoms with Gasteiger partial charge in [0.05, 0.1) is 11.4 Å². The van der Waals surface area contributed by atoms with Crippen molar-refractivity contribution in [3.05, 3.63) is 71.8 Å². The fourth-order valence-electron chi connectivity index (χ4n) is 3.77. The number of pyridine rings is 1. The number of benzene rings is 2. The molecule has 0 radical (unpaired) electrons. The topological polar surface area (TPSA) is 91.0 Å². The normalized spacial score (nSPS) is 11.2. The number of amides is 1. The van der Waals surface area contributed by atoms with E-state index in [1.54, 1.807) is 13.0 Å². The van der Waals surface area contributed by atoms with Crippen molar-refractivity contribution in [3.63, 3.8) is 0 Å². The summed E-state index contributed by atoms with van der Waals surface area (Å²) in [6, 6.07) is 18.7. The van der Waals surface area contributed by atoms with Crippen LogP contribution in [-0.4, -0.2) is 59.0 Å². The van der Waals surface area contributed by atoms with Gasteiger partial charge in [0.25, 0.3) is 5.91 Å². The molecule has 0 saturated heterocycles. The molecular formula is C26H27N5O2. The molecule has 7 heteroatoms. The van der Waals surface area contributed by atoms with Gasteiger partial charge in [0, 0.05) is 34.2 Å². The first-order valence-corrected chi connectivity index (χ1v) is 10.9. The number of hydrogen-bond donors (Lipinski definition) is 2. The second-order valence-corrected chi connectivity index (χ2v) is 8.26. The molecule has 0 aliphatic heterocycles. The Bertz CT molecular complexity index is 1290. The number of carbonyl (C=O) groups excluding carboxylic acids is 2. The lowest BCUT2D eigenvalue weighted by Gasteiger charge is -2.10. The average molecular weight is 442 g/mol. The largest absolute Gasteiger partial charge is 0.352 e. The summed E-state index contributed by atoms with van der Waals surface area (Å²) in [4.78, 5) is 31.1. The Kier molecular flexibility index (Phi) is 6.60. The summed E-state index contributed by atoms with van der Waals surface area (Å²) < 4.78 is 0. The van der Waals surface area contributed by atoms with Crippen LogP contribution in [0.5, 0.6) is 0 Å². The summed E-state index contributed by atoms with van der Waals surface area (Å²) in [5.74, 6) is -0.0812. The number of carbonyl (C=O) groups is 2. The van der Waals surface area contributed by atoms with Crippen LogP contribution in [0, 0.1) is 0 Å². The maximum absolute atomic E-state index is 12.4. The summed E-state index contributed by atoms with van der Waals surface area (Å²) in [5.41, 5.74) is 5.07. The highest BCUT2D eigenvalue weighted by Gasteiger charge is 2.14. The Balaban J connectivity index is 1.54. The molecule has 33 heavy (non-hydrogen) atoms. The van der Waals surface area contributed by atoms with Crippen LogP contribution in [0.1, 0.15) is 34.1 Å². The molecule has 7 nitrogen and oxygen atoms in total. The SMILES string of the molecule is CC(=O)c1ccccc1-c1ccc2c(-c3ccc(C(=O)NCCCN(C)C)cc3)[nH]nc2n1. The third-order valence-corrected chi connectivity index (χ3v) is 5.50. The predicted octanol–water partition coefficient (Wildman–Crippen LogP) is 4.18. The lowest BCUT2D eigenvalue weighted by molar-refractivity contribution is 0.0951. The first kappa shape index (κ1) is 22.4. The lowest BCUT2D eigenvalue weighted by atomic mass is 10.0. The molecule has 0 aliphatic rings. The van der Waals surface area contributed by atoms with Crippen molar-refractivity contribution in [1.29, 1.82) is 0 Å². The van der Waals surface area contributed by atoms with Crippen molar-refractivity contribution in [2.75, 3.05) is 27.2 Å². The van der Waals surface area contributed by atoms with Crippen molar-refractivity contribution in [1.82, 2.24) is 25.4 Å². The van der Waals surface area contributed by atoms with Crippen LogP contribution in [0.15, 0.2) is 60.7 Å². The van der Waals surface area contributed by atoms with E-state index in [0.29, 0.717) is 29.0 Å². The van der Waals surface area contributed by atoms with Gasteiger partial charge in [-0.1, -0.05) is 36.4 Å². The van der Waals surface area contributed by atoms with Gasteiger partial charge in [0.15, 0.2) is 11.4 Å². The molecule has 0 aliphatic carbocycles. The molecule has 4 rings (SSSR count). The van der Waals surface area contributed by atoms with Gasteiger partial charge in [0.1, 0.15) is 0 Å². The number of fused-ring (bicyclic) bond motifs is 1. The number of nitrogens with one attached hydrogen (secondary N) is 2. The number of H-pyrrole nitrogens is 1. The fraction of sp³-hybridized carbons (Fsp3) is 0.231. The molecule has 0 bridgehead atoms. The minimum atomic E-state index is -0.0785. The average Bonchev–Trinajstić information content (AvgIpc) is 3.25. The predicted molar refractivity (Wildman–Crippen MR) is 130 cm³/mol. The van der Waals surface area contributed by atoms with E-state index >= 15 is 0 Å². The zero-order valence-corrected chi connectivity index (χ0v) is 19.1. The number of hydrogen-bond acceptors (Lipinski definition) is 5. The van der Waals surface area contributed by atoms with Gasteiger partial charge in [-0.2, -0.15) is 5.10 Å². The zero-order chi connectivity index (χ0) is 23.4. The Morgan fingerprint density at radius 1 is 1.00 bits per heavy atom. The van der Waals surface area contributed by atoms with E-state index in [4.69, 9.17) is 0 Å². The summed E-state index contributed by atoms with van der Waals surface area (Å²) in [5, 5.41) is 11.3. The van der Waals surface area contributed by atoms with Crippen LogP contribution in [-0.2, 0) is 0 Å². The van der Waals surface area contributed by atoms with Crippen molar-refractivity contribution >= 4 is 22.7 Å². The van der Waals surface area contributed by atoms with Crippen LogP contribution in [0.25, 0.3) is 33.5 Å². The quantitative estimate of drug-likeness (QED) is 0.316. The fourth-order valence-corrected chi connectivity index (χ4v) is 3.77. The van der Waals surface area contributed by atoms with E-state index in [1.165, 1.54) is 0 Å². The monoisotopic (exact) mass is 441 g/mol. The van der Waals surface area contributed by atoms with E-state index in [9.17, 15) is 9.59 Å². The van der Waals surface area contributed by atoms with Crippen molar-refractivity contribution < 1.29 is 9.59 Å². The Labute approximate surface area is 192 Å². The molecule has 0 unspecified atom stereocenters. The van der Waals surface area contributed by atoms with Crippen molar-refractivity contribution in [2.24, 2.45) is 0 Å². The highest BCUT2D eigenvalue weighted by molar-refractivity contribution is 6.01. The van der Waals surface area contributed by atoms with Gasteiger partial charge in [-0.3, -0.25) is 14.7 Å². The van der Waals surface area contributed by atoms with Crippen LogP contribution in [0.2, 0.25) is 0 Å². The third kappa shape index (κ3) is 4.99. The standard InChI is InChI=1S/C26H27N5O2/c1-17(32)20-7-4-5-8-21(20)23-14-13-22-24(29-30-25(22)28-23)18-9-11-19(12-10-18)26(33)27-15-6-16-31(2)3/h4-5,7-14H,6,15-16H2,1-3H3,(H,27,33)(H,28,29,30). The molecule has 0 fully saturated rings. The number of rotatable bonds is 8. The number of nitrogens with zero attached hydrogens (tertiary/aromatic N) is 3. The van der Waals surface area contributed by atoms with E-state index < -0.39 is 0 Å². The molecule has 2 aromatic carbocycles. The molecule has 2 aromatic heterocycles. The first-order valence-electron chi connectivity index (χ1n) is 10.9. The molecule has 2 heterocycles. The minimum Gasteiger partial charge on any atom is -0.352 e. The Morgan fingerprint density at radius 2 is 1.76 bits per heavy atom. The van der Waals surface area contributed by atoms with Crippen LogP contribution in [0.4, 0.5) is 0 Å². The van der Waals surface area contributed by atoms with Crippen molar-refractivity contribution in [3.8, 4) is 22.5 Å². The maximum Gasteiger partial charge on any atom is 0.251 e. The van der Waals surface area contributed by atoms with E-state index in [-0.39, 0.29) is 11.7 Å². The van der Waals surface area contributed by atoms with Gasteiger partial charge in [-0.05, 0) is 58.3 Å². The first-order chi connectivity index (χ1) is 15.9. The van der Waals surface area contributed by atoms with Crippen LogP contribution < -0.4 is 5.32 Å². The second-order valence-electron chi connectivity index (χ2n) is 8.26. The number of aromatic amines is 1. The molecule has 0 atom stereocenters. The Morgan fingerprint density at radius 3 is 2.48 bits per heavy atom. The Hall–Kier alpha value is -3.84. The summed E-state index contributed by atoms with van der Waals surface area (Å²) in [6.07, 6.45) is 0.906. The third-order valence-electron chi connectivity index (χ3n) is 5.50. The number of ketones is 1. The smallest absolute Gasteiger partial charge is 0.251 e. The molecule has 0 saturated carbocycles. The van der Waals surface area contributed by atoms with Crippen molar-refractivity contribution in [2.45, 2.75) is 13.3 Å². The van der Waals surface area contributed by atoms with Crippen LogP contribution >= 0.6 is 0 Å². The van der Waals surface area contributed by atoms with E-state index in [1.807, 2.05) is 68.7 Å². The molecule has 0 spiro atoms. The number of aromatic nitrogens is 3. The van der Waals surface area contributed by atoms with Gasteiger partial charge < -0.3 is 10.2 Å². The number of Topliss-reactive ketones (excluding diaryl/α,β-unsaturated/α-hetero) is 1. The molecule has 1 amide bonds. The van der Waals surface area contributed by atoms with E-state index in [0.717, 1.165) is 35.2 Å². The lowest BCUT2D eigenvalue weighted by Crippen LogP contribution is -2.27. The zero-order valence-electron chi connectivity index (χ0n) is 19.1. The molecular weight excluding hydrogens is 414 g/mol. The summed E-state index contributed by atoms with van der Waals surface area (Å²) >= 11 is 0.